The van der Waals surface area contributed by atoms with Crippen LogP contribution in [0.15, 0.2) is 18.2 Å². The fourth-order valence-electron chi connectivity index (χ4n) is 1.28. The molecule has 0 saturated carbocycles. The first-order valence-electron chi connectivity index (χ1n) is 4.85. The highest BCUT2D eigenvalue weighted by molar-refractivity contribution is 5.68. The predicted molar refractivity (Wildman–Crippen MR) is 58.3 cm³/mol. The Balaban J connectivity index is 2.96. The molecular weight excluding hydrogens is 248 g/mol. The summed E-state index contributed by atoms with van der Waals surface area (Å²) in [5.74, 6) is 0. The Morgan fingerprint density at radius 1 is 1.56 bits per heavy atom. The first-order valence-corrected chi connectivity index (χ1v) is 4.85. The van der Waals surface area contributed by atoms with Gasteiger partial charge in [0.1, 0.15) is 23.4 Å². The van der Waals surface area contributed by atoms with Gasteiger partial charge in [-0.25, -0.2) is 8.78 Å². The summed E-state index contributed by atoms with van der Waals surface area (Å²) in [6.45, 7) is -0.548. The van der Waals surface area contributed by atoms with Crippen molar-refractivity contribution in [2.24, 2.45) is 0 Å². The molecule has 0 radical (unpaired) electrons. The molecule has 1 rings (SSSR count). The van der Waals surface area contributed by atoms with Crippen LogP contribution in [-0.2, 0) is 0 Å². The Bertz CT molecular complexity index is 488. The zero-order chi connectivity index (χ0) is 13.7. The average Bonchev–Trinajstić information content (AvgIpc) is 2.34. The number of nitrogens with one attached hydrogen (secondary N) is 1. The van der Waals surface area contributed by atoms with Crippen molar-refractivity contribution < 1.29 is 18.8 Å². The van der Waals surface area contributed by atoms with Crippen molar-refractivity contribution in [3.63, 3.8) is 0 Å². The van der Waals surface area contributed by atoms with Crippen molar-refractivity contribution in [1.82, 2.24) is 0 Å². The Labute approximate surface area is 101 Å². The topological polar surface area (TPSA) is 99.2 Å². The normalized spacial score (nSPS) is 11.9. The van der Waals surface area contributed by atoms with Crippen LogP contribution in [0.5, 0.6) is 0 Å². The molecule has 0 aliphatic rings. The number of benzene rings is 1. The number of para-hydroxylation sites is 1. The van der Waals surface area contributed by atoms with E-state index in [2.05, 4.69) is 5.32 Å². The van der Waals surface area contributed by atoms with Crippen LogP contribution < -0.4 is 5.32 Å². The minimum Gasteiger partial charge on any atom is -0.385 e. The molecule has 0 aliphatic heterocycles. The molecule has 0 spiro atoms. The van der Waals surface area contributed by atoms with Crippen LogP contribution >= 0.6 is 0 Å². The second kappa shape index (κ2) is 5.88. The Morgan fingerprint density at radius 2 is 2.22 bits per heavy atom. The molecule has 0 aliphatic carbocycles. The lowest BCUT2D eigenvalue weighted by atomic mass is 10.1. The highest BCUT2D eigenvalue weighted by Gasteiger charge is 2.22. The summed E-state index contributed by atoms with van der Waals surface area (Å²) in [5.41, 5.74) is -0.767. The minimum absolute atomic E-state index is 0.0845. The maximum atomic E-state index is 12.1. The van der Waals surface area contributed by atoms with Crippen LogP contribution in [0.2, 0.25) is 0 Å². The Morgan fingerprint density at radius 3 is 2.72 bits per heavy atom. The van der Waals surface area contributed by atoms with E-state index in [-0.39, 0.29) is 11.3 Å². The molecule has 1 unspecified atom stereocenters. The summed E-state index contributed by atoms with van der Waals surface area (Å²) in [4.78, 5) is 10.0. The maximum absolute atomic E-state index is 12.1. The third kappa shape index (κ3) is 3.11. The van der Waals surface area contributed by atoms with E-state index in [0.29, 0.717) is 0 Å². The van der Waals surface area contributed by atoms with Crippen LogP contribution in [-0.4, -0.2) is 29.1 Å². The molecule has 0 heterocycles. The number of nitriles is 1. The van der Waals surface area contributed by atoms with Crippen molar-refractivity contribution >= 4 is 11.4 Å². The van der Waals surface area contributed by atoms with Crippen molar-refractivity contribution in [1.29, 1.82) is 5.26 Å². The summed E-state index contributed by atoms with van der Waals surface area (Å²) >= 11 is 0. The standard InChI is InChI=1S/C10H9F2N3O3/c11-10(12)8(16)5-14-7-3-1-2-6(4-13)9(7)15(17)18/h1-3,8,10,14,16H,5H2. The van der Waals surface area contributed by atoms with Gasteiger partial charge in [0, 0.05) is 6.54 Å². The summed E-state index contributed by atoms with van der Waals surface area (Å²) in [6.07, 6.45) is -4.88. The number of hydrogen-bond donors (Lipinski definition) is 2. The largest absolute Gasteiger partial charge is 0.385 e. The van der Waals surface area contributed by atoms with E-state index in [1.165, 1.54) is 18.2 Å². The highest BCUT2D eigenvalue weighted by Crippen LogP contribution is 2.28. The van der Waals surface area contributed by atoms with Gasteiger partial charge >= 0.3 is 5.69 Å². The molecule has 0 saturated heterocycles. The van der Waals surface area contributed by atoms with Crippen LogP contribution in [0, 0.1) is 21.4 Å². The summed E-state index contributed by atoms with van der Waals surface area (Å²) in [6, 6.07) is 5.53. The van der Waals surface area contributed by atoms with E-state index < -0.39 is 29.7 Å². The number of nitro groups is 1. The maximum Gasteiger partial charge on any atom is 0.309 e. The van der Waals surface area contributed by atoms with Crippen LogP contribution in [0.25, 0.3) is 0 Å². The summed E-state index contributed by atoms with van der Waals surface area (Å²) in [5, 5.41) is 30.7. The zero-order valence-electron chi connectivity index (χ0n) is 9.01. The summed E-state index contributed by atoms with van der Waals surface area (Å²) in [7, 11) is 0. The number of aliphatic hydroxyl groups excluding tert-OH is 1. The smallest absolute Gasteiger partial charge is 0.309 e. The lowest BCUT2D eigenvalue weighted by molar-refractivity contribution is -0.384. The first-order chi connectivity index (χ1) is 8.47. The minimum atomic E-state index is -2.95. The average molecular weight is 257 g/mol. The lowest BCUT2D eigenvalue weighted by Crippen LogP contribution is -2.27. The molecule has 0 bridgehead atoms. The quantitative estimate of drug-likeness (QED) is 0.615. The van der Waals surface area contributed by atoms with Crippen LogP contribution in [0.4, 0.5) is 20.2 Å². The molecule has 1 atom stereocenters. The molecule has 1 aromatic rings. The van der Waals surface area contributed by atoms with E-state index >= 15 is 0 Å². The van der Waals surface area contributed by atoms with E-state index in [4.69, 9.17) is 10.4 Å². The van der Waals surface area contributed by atoms with Crippen LogP contribution in [0.1, 0.15) is 5.56 Å². The molecular formula is C10H9F2N3O3. The SMILES string of the molecule is N#Cc1cccc(NCC(O)C(F)F)c1[N+](=O)[O-]. The van der Waals surface area contributed by atoms with Crippen molar-refractivity contribution in [3.05, 3.63) is 33.9 Å². The van der Waals surface area contributed by atoms with E-state index in [1.54, 1.807) is 6.07 Å². The number of rotatable bonds is 5. The van der Waals surface area contributed by atoms with Gasteiger partial charge < -0.3 is 10.4 Å². The zero-order valence-corrected chi connectivity index (χ0v) is 9.01. The predicted octanol–water partition coefficient (Wildman–Crippen LogP) is 1.50. The molecule has 0 fully saturated rings. The van der Waals surface area contributed by atoms with Gasteiger partial charge in [0.2, 0.25) is 0 Å². The van der Waals surface area contributed by atoms with Gasteiger partial charge in [-0.05, 0) is 12.1 Å². The second-order valence-electron chi connectivity index (χ2n) is 3.35. The lowest BCUT2D eigenvalue weighted by Gasteiger charge is -2.12. The van der Waals surface area contributed by atoms with Crippen molar-refractivity contribution in [3.8, 4) is 6.07 Å². The summed E-state index contributed by atoms with van der Waals surface area (Å²) < 4.78 is 24.1. The van der Waals surface area contributed by atoms with Crippen molar-refractivity contribution in [2.45, 2.75) is 12.5 Å². The Kier molecular flexibility index (Phi) is 4.51. The fourth-order valence-corrected chi connectivity index (χ4v) is 1.28. The van der Waals surface area contributed by atoms with Crippen molar-refractivity contribution in [2.75, 3.05) is 11.9 Å². The molecule has 8 heteroatoms. The number of aliphatic hydroxyl groups is 1. The van der Waals surface area contributed by atoms with E-state index in [9.17, 15) is 18.9 Å². The van der Waals surface area contributed by atoms with Gasteiger partial charge in [-0.2, -0.15) is 5.26 Å². The number of nitrogens with zero attached hydrogens (tertiary/aromatic N) is 2. The number of hydrogen-bond acceptors (Lipinski definition) is 5. The monoisotopic (exact) mass is 257 g/mol. The second-order valence-corrected chi connectivity index (χ2v) is 3.35. The first kappa shape index (κ1) is 13.8. The van der Waals surface area contributed by atoms with Crippen LogP contribution in [0.3, 0.4) is 0 Å². The van der Waals surface area contributed by atoms with Gasteiger partial charge in [0.15, 0.2) is 0 Å². The number of nitro benzene ring substituents is 1. The number of alkyl halides is 2. The van der Waals surface area contributed by atoms with E-state index in [0.717, 1.165) is 0 Å². The highest BCUT2D eigenvalue weighted by atomic mass is 19.3. The molecule has 96 valence electrons. The van der Waals surface area contributed by atoms with Gasteiger partial charge in [0.25, 0.3) is 6.43 Å². The van der Waals surface area contributed by atoms with Gasteiger partial charge in [-0.1, -0.05) is 6.07 Å². The van der Waals surface area contributed by atoms with Gasteiger partial charge in [-0.3, -0.25) is 10.1 Å². The third-order valence-electron chi connectivity index (χ3n) is 2.13. The number of halogens is 2. The number of anilines is 1. The molecule has 1 aromatic carbocycles. The molecule has 2 N–H and O–H groups in total. The molecule has 0 amide bonds. The Hall–Kier alpha value is -2.27. The van der Waals surface area contributed by atoms with Gasteiger partial charge in [-0.15, -0.1) is 0 Å². The van der Waals surface area contributed by atoms with Gasteiger partial charge in [0.05, 0.1) is 4.92 Å². The molecule has 18 heavy (non-hydrogen) atoms. The van der Waals surface area contributed by atoms with E-state index in [1.807, 2.05) is 0 Å². The molecule has 6 nitrogen and oxygen atoms in total. The third-order valence-corrected chi connectivity index (χ3v) is 2.13. The molecule has 0 aromatic heterocycles. The fraction of sp³-hybridized carbons (Fsp3) is 0.300.